The molecule has 1 aromatic heterocycles. The summed E-state index contributed by atoms with van der Waals surface area (Å²) in [6, 6.07) is 15.2. The molecule has 10 heteroatoms. The van der Waals surface area contributed by atoms with Gasteiger partial charge in [0.05, 0.1) is 10.6 Å². The maximum absolute atomic E-state index is 12.8. The van der Waals surface area contributed by atoms with E-state index in [9.17, 15) is 9.59 Å². The highest BCUT2D eigenvalue weighted by atomic mass is 32.2. The molecule has 166 valence electrons. The predicted octanol–water partition coefficient (Wildman–Crippen LogP) is 4.77. The summed E-state index contributed by atoms with van der Waals surface area (Å²) in [5.41, 5.74) is 2.61. The van der Waals surface area contributed by atoms with Gasteiger partial charge in [-0.05, 0) is 23.8 Å². The Bertz CT molecular complexity index is 1270. The first-order valence-corrected chi connectivity index (χ1v) is 12.1. The molecular formula is C23H17N3O4S3. The molecule has 0 radical (unpaired) electrons. The van der Waals surface area contributed by atoms with E-state index in [1.165, 1.54) is 28.0 Å². The first-order chi connectivity index (χ1) is 16.1. The van der Waals surface area contributed by atoms with Gasteiger partial charge in [-0.3, -0.25) is 14.5 Å². The minimum atomic E-state index is -0.224. The molecule has 3 aromatic rings. The van der Waals surface area contributed by atoms with Crippen LogP contribution in [0.3, 0.4) is 0 Å². The molecular weight excluding hydrogens is 478 g/mol. The van der Waals surface area contributed by atoms with E-state index < -0.39 is 0 Å². The summed E-state index contributed by atoms with van der Waals surface area (Å²) in [5.74, 6) is 0.893. The second kappa shape index (κ2) is 9.34. The topological polar surface area (TPSA) is 80.8 Å². The van der Waals surface area contributed by atoms with Crippen molar-refractivity contribution in [3.8, 4) is 22.8 Å². The van der Waals surface area contributed by atoms with E-state index in [1.807, 2.05) is 47.8 Å². The highest BCUT2D eigenvalue weighted by molar-refractivity contribution is 8.26. The van der Waals surface area contributed by atoms with Gasteiger partial charge >= 0.3 is 0 Å². The Morgan fingerprint density at radius 2 is 2.00 bits per heavy atom. The Morgan fingerprint density at radius 3 is 2.85 bits per heavy atom. The average molecular weight is 496 g/mol. The number of nitrogens with one attached hydrogen (secondary N) is 1. The van der Waals surface area contributed by atoms with Gasteiger partial charge in [0.15, 0.2) is 16.6 Å². The summed E-state index contributed by atoms with van der Waals surface area (Å²) in [5, 5.41) is 5.22. The zero-order chi connectivity index (χ0) is 22.8. The molecule has 0 aliphatic carbocycles. The minimum absolute atomic E-state index is 0.115. The van der Waals surface area contributed by atoms with E-state index in [0.717, 1.165) is 16.8 Å². The highest BCUT2D eigenvalue weighted by Crippen LogP contribution is 2.36. The summed E-state index contributed by atoms with van der Waals surface area (Å²) in [6.07, 6.45) is 1.88. The van der Waals surface area contributed by atoms with Gasteiger partial charge in [0.2, 0.25) is 12.7 Å². The zero-order valence-corrected chi connectivity index (χ0v) is 19.6. The number of thioether (sulfide) groups is 1. The van der Waals surface area contributed by atoms with Crippen LogP contribution in [0.5, 0.6) is 11.5 Å². The van der Waals surface area contributed by atoms with Gasteiger partial charge in [0.1, 0.15) is 4.32 Å². The summed E-state index contributed by atoms with van der Waals surface area (Å²) in [7, 11) is 0. The van der Waals surface area contributed by atoms with E-state index in [-0.39, 0.29) is 31.6 Å². The summed E-state index contributed by atoms with van der Waals surface area (Å²) in [6.45, 7) is 0.392. The van der Waals surface area contributed by atoms with Crippen molar-refractivity contribution < 1.29 is 19.1 Å². The predicted molar refractivity (Wildman–Crippen MR) is 133 cm³/mol. The van der Waals surface area contributed by atoms with Crippen molar-refractivity contribution in [1.29, 1.82) is 0 Å². The van der Waals surface area contributed by atoms with Crippen molar-refractivity contribution in [2.24, 2.45) is 0 Å². The Labute approximate surface area is 203 Å². The van der Waals surface area contributed by atoms with Crippen LogP contribution >= 0.6 is 35.3 Å². The number of hydrogen-bond donors (Lipinski definition) is 1. The van der Waals surface area contributed by atoms with E-state index in [2.05, 4.69) is 10.3 Å². The van der Waals surface area contributed by atoms with Crippen molar-refractivity contribution in [3.05, 3.63) is 64.4 Å². The summed E-state index contributed by atoms with van der Waals surface area (Å²) < 4.78 is 11.1. The maximum Gasteiger partial charge on any atom is 0.266 e. The Kier molecular flexibility index (Phi) is 6.12. The number of carbonyl (C=O) groups excluding carboxylic acids is 2. The molecule has 0 spiro atoms. The molecule has 1 saturated heterocycles. The smallest absolute Gasteiger partial charge is 0.266 e. The van der Waals surface area contributed by atoms with Crippen molar-refractivity contribution in [2.45, 2.75) is 6.42 Å². The number of benzene rings is 2. The largest absolute Gasteiger partial charge is 0.454 e. The van der Waals surface area contributed by atoms with Crippen molar-refractivity contribution in [2.75, 3.05) is 18.7 Å². The van der Waals surface area contributed by atoms with Gasteiger partial charge in [0.25, 0.3) is 5.91 Å². The van der Waals surface area contributed by atoms with Gasteiger partial charge in [0, 0.05) is 23.9 Å². The van der Waals surface area contributed by atoms with Crippen molar-refractivity contribution >= 4 is 62.7 Å². The molecule has 33 heavy (non-hydrogen) atoms. The molecule has 2 aliphatic rings. The Hall–Kier alpha value is -3.21. The van der Waals surface area contributed by atoms with Crippen LogP contribution in [0.25, 0.3) is 17.3 Å². The van der Waals surface area contributed by atoms with Crippen molar-refractivity contribution in [1.82, 2.24) is 9.88 Å². The molecule has 3 heterocycles. The van der Waals surface area contributed by atoms with E-state index >= 15 is 0 Å². The molecule has 7 nitrogen and oxygen atoms in total. The van der Waals surface area contributed by atoms with Gasteiger partial charge < -0.3 is 14.8 Å². The standard InChI is InChI=1S/C23H17N3O4S3/c27-20(25-22-24-16(12-32-22)15-4-2-1-3-5-15)8-9-26-21(28)19(33-23(26)31)11-14-6-7-17-18(10-14)30-13-29-17/h1-7,10-12H,8-9,13H2,(H,24,25,27)/b19-11-. The molecule has 2 aromatic carbocycles. The summed E-state index contributed by atoms with van der Waals surface area (Å²) >= 11 is 7.95. The Morgan fingerprint density at radius 1 is 1.18 bits per heavy atom. The van der Waals surface area contributed by atoms with Crippen LogP contribution < -0.4 is 14.8 Å². The lowest BCUT2D eigenvalue weighted by Crippen LogP contribution is -2.31. The van der Waals surface area contributed by atoms with Gasteiger partial charge in [-0.15, -0.1) is 11.3 Å². The van der Waals surface area contributed by atoms with Crippen LogP contribution in [-0.4, -0.2) is 39.4 Å². The fourth-order valence-electron chi connectivity index (χ4n) is 3.31. The lowest BCUT2D eigenvalue weighted by atomic mass is 10.2. The monoisotopic (exact) mass is 495 g/mol. The average Bonchev–Trinajstić information content (AvgIpc) is 3.53. The van der Waals surface area contributed by atoms with Crippen LogP contribution in [0.1, 0.15) is 12.0 Å². The number of ether oxygens (including phenoxy) is 2. The third-order valence-corrected chi connectivity index (χ3v) is 7.09. The van der Waals surface area contributed by atoms with Crippen molar-refractivity contribution in [3.63, 3.8) is 0 Å². The summed E-state index contributed by atoms with van der Waals surface area (Å²) in [4.78, 5) is 31.7. The fraction of sp³-hybridized carbons (Fsp3) is 0.130. The molecule has 0 saturated carbocycles. The van der Waals surface area contributed by atoms with Gasteiger partial charge in [-0.2, -0.15) is 0 Å². The molecule has 1 fully saturated rings. The van der Waals surface area contributed by atoms with Gasteiger partial charge in [-0.1, -0.05) is 60.4 Å². The molecule has 0 atom stereocenters. The van der Waals surface area contributed by atoms with Gasteiger partial charge in [-0.25, -0.2) is 4.98 Å². The molecule has 2 aliphatic heterocycles. The molecule has 0 unspecified atom stereocenters. The number of aromatic nitrogens is 1. The number of rotatable bonds is 6. The second-order valence-corrected chi connectivity index (χ2v) is 9.68. The zero-order valence-electron chi connectivity index (χ0n) is 17.1. The van der Waals surface area contributed by atoms with Crippen LogP contribution in [0.15, 0.2) is 58.8 Å². The Balaban J connectivity index is 1.19. The van der Waals surface area contributed by atoms with Crippen LogP contribution in [0, 0.1) is 0 Å². The highest BCUT2D eigenvalue weighted by Gasteiger charge is 2.32. The molecule has 1 N–H and O–H groups in total. The number of thiocarbonyl (C=S) groups is 1. The molecule has 0 bridgehead atoms. The minimum Gasteiger partial charge on any atom is -0.454 e. The lowest BCUT2D eigenvalue weighted by molar-refractivity contribution is -0.122. The number of thiazole rings is 1. The van der Waals surface area contributed by atoms with Crippen LogP contribution in [0.2, 0.25) is 0 Å². The first-order valence-electron chi connectivity index (χ1n) is 10.0. The second-order valence-electron chi connectivity index (χ2n) is 7.15. The SMILES string of the molecule is O=C(CCN1C(=O)/C(=C/c2ccc3c(c2)OCO3)SC1=S)Nc1nc(-c2ccccc2)cs1. The van der Waals surface area contributed by atoms with E-state index in [0.29, 0.717) is 25.9 Å². The third-order valence-electron chi connectivity index (χ3n) is 4.95. The fourth-order valence-corrected chi connectivity index (χ4v) is 5.36. The lowest BCUT2D eigenvalue weighted by Gasteiger charge is -2.13. The van der Waals surface area contributed by atoms with E-state index in [4.69, 9.17) is 21.7 Å². The normalized spacial score (nSPS) is 16.0. The molecule has 2 amide bonds. The number of anilines is 1. The quantitative estimate of drug-likeness (QED) is 0.390. The maximum atomic E-state index is 12.8. The van der Waals surface area contributed by atoms with E-state index in [1.54, 1.807) is 12.1 Å². The number of hydrogen-bond acceptors (Lipinski definition) is 8. The third kappa shape index (κ3) is 4.77. The number of carbonyl (C=O) groups is 2. The number of amides is 2. The van der Waals surface area contributed by atoms with Crippen LogP contribution in [0.4, 0.5) is 5.13 Å². The number of nitrogens with zero attached hydrogens (tertiary/aromatic N) is 2. The number of fused-ring (bicyclic) bond motifs is 1. The van der Waals surface area contributed by atoms with Crippen LogP contribution in [-0.2, 0) is 9.59 Å². The molecule has 5 rings (SSSR count). The first kappa shape index (κ1) is 21.6.